The number of likely N-dealkylation sites (tertiary alicyclic amines) is 1. The van der Waals surface area contributed by atoms with E-state index in [1.807, 2.05) is 45.0 Å². The van der Waals surface area contributed by atoms with Crippen LogP contribution in [0.2, 0.25) is 0 Å². The molecular weight excluding hydrogens is 316 g/mol. The van der Waals surface area contributed by atoms with Crippen LogP contribution in [0.3, 0.4) is 0 Å². The minimum atomic E-state index is -0.521. The smallest absolute Gasteiger partial charge is 0.407 e. The highest BCUT2D eigenvalue weighted by Crippen LogP contribution is 2.23. The second-order valence-electron chi connectivity index (χ2n) is 8.71. The van der Waals surface area contributed by atoms with Crippen molar-refractivity contribution in [2.24, 2.45) is 0 Å². The van der Waals surface area contributed by atoms with E-state index in [1.54, 1.807) is 4.90 Å². The molecule has 1 unspecified atom stereocenters. The molecule has 1 aromatic carbocycles. The monoisotopic (exact) mass is 346 g/mol. The second kappa shape index (κ2) is 7.06. The van der Waals surface area contributed by atoms with Crippen LogP contribution in [-0.4, -0.2) is 41.6 Å². The number of alkyl carbamates (subject to hydrolysis) is 1. The van der Waals surface area contributed by atoms with Gasteiger partial charge in [0.05, 0.1) is 6.04 Å². The van der Waals surface area contributed by atoms with Gasteiger partial charge in [0.25, 0.3) is 5.91 Å². The molecule has 0 radical (unpaired) electrons. The van der Waals surface area contributed by atoms with Gasteiger partial charge < -0.3 is 15.0 Å². The quantitative estimate of drug-likeness (QED) is 0.888. The number of amides is 2. The lowest BCUT2D eigenvalue weighted by Crippen LogP contribution is -2.41. The van der Waals surface area contributed by atoms with Crippen molar-refractivity contribution in [3.63, 3.8) is 0 Å². The van der Waals surface area contributed by atoms with Gasteiger partial charge in [0, 0.05) is 18.7 Å². The van der Waals surface area contributed by atoms with Gasteiger partial charge in [-0.3, -0.25) is 4.79 Å². The van der Waals surface area contributed by atoms with E-state index in [-0.39, 0.29) is 17.4 Å². The van der Waals surface area contributed by atoms with Crippen LogP contribution in [0.15, 0.2) is 24.3 Å². The number of ether oxygens (including phenoxy) is 1. The molecule has 138 valence electrons. The van der Waals surface area contributed by atoms with E-state index in [2.05, 4.69) is 26.1 Å². The van der Waals surface area contributed by atoms with Gasteiger partial charge in [-0.25, -0.2) is 4.79 Å². The Morgan fingerprint density at radius 3 is 2.20 bits per heavy atom. The third kappa shape index (κ3) is 5.48. The Morgan fingerprint density at radius 1 is 1.08 bits per heavy atom. The van der Waals surface area contributed by atoms with E-state index < -0.39 is 11.7 Å². The molecule has 1 saturated heterocycles. The van der Waals surface area contributed by atoms with Crippen molar-refractivity contribution in [2.75, 3.05) is 13.1 Å². The molecule has 1 aliphatic rings. The molecule has 0 aliphatic carbocycles. The predicted octanol–water partition coefficient (Wildman–Crippen LogP) is 3.72. The standard InChI is InChI=1S/C20H30N2O3/c1-19(2,3)15-9-7-14(8-10-15)17(23)22-12-11-16(13-22)21-18(24)25-20(4,5)6/h7-10,16H,11-13H2,1-6H3,(H,21,24). The Balaban J connectivity index is 1.93. The first-order valence-electron chi connectivity index (χ1n) is 8.85. The molecule has 0 aromatic heterocycles. The summed E-state index contributed by atoms with van der Waals surface area (Å²) in [7, 11) is 0. The summed E-state index contributed by atoms with van der Waals surface area (Å²) in [4.78, 5) is 26.3. The van der Waals surface area contributed by atoms with Crippen molar-refractivity contribution < 1.29 is 14.3 Å². The maximum absolute atomic E-state index is 12.7. The third-order valence-electron chi connectivity index (χ3n) is 4.19. The fraction of sp³-hybridized carbons (Fsp3) is 0.600. The number of benzene rings is 1. The SMILES string of the molecule is CC(C)(C)OC(=O)NC1CCN(C(=O)c2ccc(C(C)(C)C)cc2)C1. The maximum atomic E-state index is 12.7. The van der Waals surface area contributed by atoms with Crippen LogP contribution in [0.1, 0.15) is 63.9 Å². The number of carbonyl (C=O) groups is 2. The molecule has 25 heavy (non-hydrogen) atoms. The molecule has 2 amide bonds. The summed E-state index contributed by atoms with van der Waals surface area (Å²) in [5.74, 6) is 0.00829. The number of rotatable bonds is 2. The summed E-state index contributed by atoms with van der Waals surface area (Å²) >= 11 is 0. The number of nitrogens with zero attached hydrogens (tertiary/aromatic N) is 1. The van der Waals surface area contributed by atoms with Gasteiger partial charge >= 0.3 is 6.09 Å². The average Bonchev–Trinajstić information content (AvgIpc) is 2.92. The molecule has 5 heteroatoms. The van der Waals surface area contributed by atoms with Crippen molar-refractivity contribution >= 4 is 12.0 Å². The first-order valence-corrected chi connectivity index (χ1v) is 8.85. The van der Waals surface area contributed by atoms with Crippen LogP contribution >= 0.6 is 0 Å². The summed E-state index contributed by atoms with van der Waals surface area (Å²) in [6, 6.07) is 7.74. The molecule has 1 aliphatic heterocycles. The number of carbonyl (C=O) groups excluding carboxylic acids is 2. The van der Waals surface area contributed by atoms with Crippen LogP contribution < -0.4 is 5.32 Å². The molecular formula is C20H30N2O3. The Hall–Kier alpha value is -2.04. The maximum Gasteiger partial charge on any atom is 0.407 e. The van der Waals surface area contributed by atoms with E-state index >= 15 is 0 Å². The summed E-state index contributed by atoms with van der Waals surface area (Å²) in [5, 5.41) is 2.85. The highest BCUT2D eigenvalue weighted by atomic mass is 16.6. The Kier molecular flexibility index (Phi) is 5.45. The molecule has 1 fully saturated rings. The normalized spacial score (nSPS) is 18.2. The summed E-state index contributed by atoms with van der Waals surface area (Å²) < 4.78 is 5.27. The molecule has 1 heterocycles. The largest absolute Gasteiger partial charge is 0.444 e. The Morgan fingerprint density at radius 2 is 1.68 bits per heavy atom. The van der Waals surface area contributed by atoms with Gasteiger partial charge in [0.1, 0.15) is 5.60 Å². The van der Waals surface area contributed by atoms with E-state index in [1.165, 1.54) is 5.56 Å². The molecule has 5 nitrogen and oxygen atoms in total. The topological polar surface area (TPSA) is 58.6 Å². The molecule has 1 atom stereocenters. The minimum absolute atomic E-state index is 0.00829. The first kappa shape index (κ1) is 19.3. The van der Waals surface area contributed by atoms with E-state index in [0.29, 0.717) is 18.7 Å². The van der Waals surface area contributed by atoms with Gasteiger partial charge in [0.2, 0.25) is 0 Å². The van der Waals surface area contributed by atoms with E-state index in [0.717, 1.165) is 6.42 Å². The first-order chi connectivity index (χ1) is 11.5. The molecule has 1 N–H and O–H groups in total. The summed E-state index contributed by atoms with van der Waals surface area (Å²) in [6.45, 7) is 13.1. The van der Waals surface area contributed by atoms with Crippen molar-refractivity contribution in [2.45, 2.75) is 65.0 Å². The van der Waals surface area contributed by atoms with Crippen molar-refractivity contribution in [3.05, 3.63) is 35.4 Å². The fourth-order valence-corrected chi connectivity index (χ4v) is 2.83. The van der Waals surface area contributed by atoms with Gasteiger partial charge in [-0.15, -0.1) is 0 Å². The number of hydrogen-bond donors (Lipinski definition) is 1. The highest BCUT2D eigenvalue weighted by molar-refractivity contribution is 5.94. The van der Waals surface area contributed by atoms with Gasteiger partial charge in [-0.05, 0) is 50.3 Å². The molecule has 0 bridgehead atoms. The van der Waals surface area contributed by atoms with E-state index in [4.69, 9.17) is 4.74 Å². The van der Waals surface area contributed by atoms with Crippen molar-refractivity contribution in [3.8, 4) is 0 Å². The minimum Gasteiger partial charge on any atom is -0.444 e. The van der Waals surface area contributed by atoms with Crippen LogP contribution in [0.25, 0.3) is 0 Å². The van der Waals surface area contributed by atoms with Gasteiger partial charge in [0.15, 0.2) is 0 Å². The third-order valence-corrected chi connectivity index (χ3v) is 4.19. The van der Waals surface area contributed by atoms with E-state index in [9.17, 15) is 9.59 Å². The summed E-state index contributed by atoms with van der Waals surface area (Å²) in [6.07, 6.45) is 0.312. The zero-order valence-electron chi connectivity index (χ0n) is 16.2. The van der Waals surface area contributed by atoms with Gasteiger partial charge in [-0.1, -0.05) is 32.9 Å². The van der Waals surface area contributed by atoms with Crippen LogP contribution in [-0.2, 0) is 10.2 Å². The lowest BCUT2D eigenvalue weighted by Gasteiger charge is -2.22. The fourth-order valence-electron chi connectivity index (χ4n) is 2.83. The van der Waals surface area contributed by atoms with Crippen molar-refractivity contribution in [1.29, 1.82) is 0 Å². The number of nitrogens with one attached hydrogen (secondary N) is 1. The van der Waals surface area contributed by atoms with Crippen molar-refractivity contribution in [1.82, 2.24) is 10.2 Å². The van der Waals surface area contributed by atoms with Crippen LogP contribution in [0, 0.1) is 0 Å². The molecule has 0 saturated carbocycles. The highest BCUT2D eigenvalue weighted by Gasteiger charge is 2.29. The average molecular weight is 346 g/mol. The predicted molar refractivity (Wildman–Crippen MR) is 98.8 cm³/mol. The van der Waals surface area contributed by atoms with Crippen LogP contribution in [0.4, 0.5) is 4.79 Å². The summed E-state index contributed by atoms with van der Waals surface area (Å²) in [5.41, 5.74) is 1.44. The zero-order valence-corrected chi connectivity index (χ0v) is 16.2. The second-order valence-corrected chi connectivity index (χ2v) is 8.71. The molecule has 0 spiro atoms. The molecule has 1 aromatic rings. The molecule has 2 rings (SSSR count). The lowest BCUT2D eigenvalue weighted by atomic mass is 9.86. The lowest BCUT2D eigenvalue weighted by molar-refractivity contribution is 0.0502. The Bertz CT molecular complexity index is 624. The zero-order chi connectivity index (χ0) is 18.8. The van der Waals surface area contributed by atoms with Crippen LogP contribution in [0.5, 0.6) is 0 Å². The van der Waals surface area contributed by atoms with Gasteiger partial charge in [-0.2, -0.15) is 0 Å². The number of hydrogen-bond acceptors (Lipinski definition) is 3. The Labute approximate surface area is 150 Å².